The second-order valence-corrected chi connectivity index (χ2v) is 9.01. The zero-order valence-electron chi connectivity index (χ0n) is 17.6. The number of halogens is 1. The molecule has 1 spiro atoms. The van der Waals surface area contributed by atoms with E-state index < -0.39 is 45.8 Å². The number of anilines is 2. The van der Waals surface area contributed by atoms with Gasteiger partial charge in [-0.1, -0.05) is 6.07 Å². The van der Waals surface area contributed by atoms with Gasteiger partial charge in [0.15, 0.2) is 0 Å². The lowest BCUT2D eigenvalue weighted by Crippen LogP contribution is -2.54. The number of benzene rings is 2. The average molecular weight is 450 g/mol. The first-order chi connectivity index (χ1) is 15.8. The fourth-order valence-corrected chi connectivity index (χ4v) is 6.46. The van der Waals surface area contributed by atoms with Crippen molar-refractivity contribution in [2.75, 3.05) is 16.8 Å². The van der Waals surface area contributed by atoms with Gasteiger partial charge in [0.1, 0.15) is 11.4 Å². The van der Waals surface area contributed by atoms with Gasteiger partial charge in [0, 0.05) is 23.4 Å². The Bertz CT molecular complexity index is 1300. The summed E-state index contributed by atoms with van der Waals surface area (Å²) in [7, 11) is 0. The largest absolute Gasteiger partial charge is 0.324 e. The predicted octanol–water partition coefficient (Wildman–Crippen LogP) is 2.47. The molecule has 3 amide bonds. The van der Waals surface area contributed by atoms with Crippen molar-refractivity contribution in [1.29, 1.82) is 0 Å². The fourth-order valence-electron chi connectivity index (χ4n) is 6.46. The lowest BCUT2D eigenvalue weighted by molar-refractivity contribution is -0.385. The van der Waals surface area contributed by atoms with Crippen LogP contribution in [-0.2, 0) is 19.9 Å². The van der Waals surface area contributed by atoms with Crippen LogP contribution in [0.4, 0.5) is 21.5 Å². The molecule has 0 aromatic heterocycles. The van der Waals surface area contributed by atoms with Crippen molar-refractivity contribution >= 4 is 34.8 Å². The summed E-state index contributed by atoms with van der Waals surface area (Å²) < 4.78 is 14.3. The van der Waals surface area contributed by atoms with Gasteiger partial charge in [-0.25, -0.2) is 9.29 Å². The molecule has 6 rings (SSSR count). The number of nitrogens with one attached hydrogen (secondary N) is 1. The van der Waals surface area contributed by atoms with E-state index in [-0.39, 0.29) is 23.0 Å². The lowest BCUT2D eigenvalue weighted by Gasteiger charge is -2.36. The van der Waals surface area contributed by atoms with Crippen LogP contribution in [-0.4, -0.2) is 40.1 Å². The van der Waals surface area contributed by atoms with E-state index in [0.717, 1.165) is 11.3 Å². The van der Waals surface area contributed by atoms with Crippen LogP contribution >= 0.6 is 0 Å². The summed E-state index contributed by atoms with van der Waals surface area (Å²) >= 11 is 0. The first-order valence-electron chi connectivity index (χ1n) is 10.8. The molecule has 0 unspecified atom stereocenters. The number of nitrogens with zero attached hydrogens (tertiary/aromatic N) is 3. The number of hydrogen-bond acceptors (Lipinski definition) is 6. The van der Waals surface area contributed by atoms with Crippen molar-refractivity contribution in [1.82, 2.24) is 4.90 Å². The number of imide groups is 1. The number of carbonyl (C=O) groups is 3. The number of carbonyl (C=O) groups excluding carboxylic acids is 3. The van der Waals surface area contributed by atoms with Crippen molar-refractivity contribution in [3.63, 3.8) is 0 Å². The molecule has 4 heterocycles. The van der Waals surface area contributed by atoms with E-state index in [4.69, 9.17) is 0 Å². The third-order valence-electron chi connectivity index (χ3n) is 7.67. The normalized spacial score (nSPS) is 30.1. The Labute approximate surface area is 187 Å². The van der Waals surface area contributed by atoms with Crippen LogP contribution in [0.15, 0.2) is 36.4 Å². The maximum Gasteiger partial charge on any atom is 0.274 e. The molecule has 4 aliphatic rings. The highest BCUT2D eigenvalue weighted by atomic mass is 19.1. The summed E-state index contributed by atoms with van der Waals surface area (Å²) in [5.74, 6) is -3.88. The van der Waals surface area contributed by atoms with Crippen molar-refractivity contribution in [3.05, 3.63) is 63.5 Å². The minimum atomic E-state index is -1.49. The van der Waals surface area contributed by atoms with Crippen molar-refractivity contribution in [3.8, 4) is 0 Å². The highest BCUT2D eigenvalue weighted by Crippen LogP contribution is 2.60. The molecule has 9 nitrogen and oxygen atoms in total. The van der Waals surface area contributed by atoms with Gasteiger partial charge < -0.3 is 5.32 Å². The van der Waals surface area contributed by atoms with Gasteiger partial charge in [-0.15, -0.1) is 0 Å². The third kappa shape index (κ3) is 2.26. The monoisotopic (exact) mass is 450 g/mol. The van der Waals surface area contributed by atoms with Crippen LogP contribution in [0.3, 0.4) is 0 Å². The Hall–Kier alpha value is -3.66. The second-order valence-electron chi connectivity index (χ2n) is 9.01. The minimum Gasteiger partial charge on any atom is -0.324 e. The zero-order valence-corrected chi connectivity index (χ0v) is 17.6. The van der Waals surface area contributed by atoms with Crippen LogP contribution in [0.2, 0.25) is 0 Å². The quantitative estimate of drug-likeness (QED) is 0.427. The highest BCUT2D eigenvalue weighted by Gasteiger charge is 2.74. The van der Waals surface area contributed by atoms with E-state index in [1.807, 2.05) is 4.90 Å². The molecule has 4 atom stereocenters. The van der Waals surface area contributed by atoms with Crippen LogP contribution < -0.4 is 10.2 Å². The van der Waals surface area contributed by atoms with Crippen LogP contribution in [0, 0.1) is 34.7 Å². The van der Waals surface area contributed by atoms with E-state index >= 15 is 0 Å². The number of rotatable bonds is 2. The van der Waals surface area contributed by atoms with Gasteiger partial charge in [-0.05, 0) is 50.6 Å². The maximum absolute atomic E-state index is 14.3. The number of fused-ring (bicyclic) bond motifs is 7. The summed E-state index contributed by atoms with van der Waals surface area (Å²) in [6.07, 6.45) is 1.37. The molecule has 3 saturated heterocycles. The first kappa shape index (κ1) is 20.0. The van der Waals surface area contributed by atoms with E-state index in [9.17, 15) is 28.9 Å². The summed E-state index contributed by atoms with van der Waals surface area (Å²) in [5.41, 5.74) is -0.550. The SMILES string of the molecule is Cc1c(N2C(=O)[C@H]3[C@H]4CCCN4[C@@]4(C(=O)Nc5ccc(F)cc54)[C@@H]3C2=O)cccc1[N+](=O)[O-]. The number of amides is 3. The average Bonchev–Trinajstić information content (AvgIpc) is 3.47. The summed E-state index contributed by atoms with van der Waals surface area (Å²) in [5, 5.41) is 14.2. The molecule has 4 aliphatic heterocycles. The molecular weight excluding hydrogens is 431 g/mol. The number of nitro groups is 1. The molecule has 168 valence electrons. The standard InChI is InChI=1S/C23H19FN4O5/c1-11-15(4-2-5-16(11)28(32)33)27-20(29)18-17-6-3-9-26(17)23(19(18)21(27)30)13-10-12(24)7-8-14(13)25-22(23)31/h2,4-5,7-8,10,17-19H,3,6,9H2,1H3,(H,25,31)/t17-,18+,19+,23-/m1/s1. The summed E-state index contributed by atoms with van der Waals surface area (Å²) in [6.45, 7) is 2.00. The molecule has 0 radical (unpaired) electrons. The topological polar surface area (TPSA) is 113 Å². The van der Waals surface area contributed by atoms with Crippen LogP contribution in [0.1, 0.15) is 24.0 Å². The summed E-state index contributed by atoms with van der Waals surface area (Å²) in [6, 6.07) is 7.88. The van der Waals surface area contributed by atoms with Crippen molar-refractivity contribution < 1.29 is 23.7 Å². The molecule has 0 aliphatic carbocycles. The lowest BCUT2D eigenvalue weighted by atomic mass is 9.75. The molecule has 1 N–H and O–H groups in total. The predicted molar refractivity (Wildman–Crippen MR) is 114 cm³/mol. The Morgan fingerprint density at radius 2 is 1.97 bits per heavy atom. The van der Waals surface area contributed by atoms with Crippen LogP contribution in [0.5, 0.6) is 0 Å². The van der Waals surface area contributed by atoms with E-state index in [1.165, 1.54) is 43.3 Å². The Kier molecular flexibility index (Phi) is 3.90. The van der Waals surface area contributed by atoms with Gasteiger partial charge in [0.05, 0.1) is 28.0 Å². The zero-order chi connectivity index (χ0) is 23.2. The second kappa shape index (κ2) is 6.44. The highest BCUT2D eigenvalue weighted by molar-refractivity contribution is 6.26. The molecule has 33 heavy (non-hydrogen) atoms. The van der Waals surface area contributed by atoms with E-state index in [1.54, 1.807) is 0 Å². The van der Waals surface area contributed by atoms with Crippen molar-refractivity contribution in [2.24, 2.45) is 11.8 Å². The Morgan fingerprint density at radius 3 is 2.73 bits per heavy atom. The van der Waals surface area contributed by atoms with Gasteiger partial charge >= 0.3 is 0 Å². The van der Waals surface area contributed by atoms with Gasteiger partial charge in [-0.2, -0.15) is 0 Å². The van der Waals surface area contributed by atoms with Gasteiger partial charge in [0.25, 0.3) is 5.69 Å². The molecule has 0 bridgehead atoms. The molecular formula is C23H19FN4O5. The van der Waals surface area contributed by atoms with Crippen molar-refractivity contribution in [2.45, 2.75) is 31.3 Å². The smallest absolute Gasteiger partial charge is 0.274 e. The molecule has 2 aromatic carbocycles. The minimum absolute atomic E-state index is 0.145. The van der Waals surface area contributed by atoms with Crippen LogP contribution in [0.25, 0.3) is 0 Å². The molecule has 2 aromatic rings. The molecule has 10 heteroatoms. The van der Waals surface area contributed by atoms with Gasteiger partial charge in [-0.3, -0.25) is 29.4 Å². The third-order valence-corrected chi connectivity index (χ3v) is 7.67. The molecule has 0 saturated carbocycles. The number of nitro benzene ring substituents is 1. The molecule has 3 fully saturated rings. The summed E-state index contributed by atoms with van der Waals surface area (Å²) in [4.78, 5) is 54.9. The fraction of sp³-hybridized carbons (Fsp3) is 0.348. The van der Waals surface area contributed by atoms with Gasteiger partial charge in [0.2, 0.25) is 17.7 Å². The Balaban J connectivity index is 1.56. The maximum atomic E-state index is 14.3. The Morgan fingerprint density at radius 1 is 1.18 bits per heavy atom. The number of hydrogen-bond donors (Lipinski definition) is 1. The van der Waals surface area contributed by atoms with E-state index in [2.05, 4.69) is 5.32 Å². The first-order valence-corrected chi connectivity index (χ1v) is 10.8. The van der Waals surface area contributed by atoms with E-state index in [0.29, 0.717) is 24.2 Å².